The van der Waals surface area contributed by atoms with Crippen molar-refractivity contribution in [2.45, 2.75) is 30.9 Å². The number of anilines is 1. The van der Waals surface area contributed by atoms with Crippen LogP contribution >= 0.6 is 0 Å². The highest BCUT2D eigenvalue weighted by molar-refractivity contribution is 7.89. The second-order valence-electron chi connectivity index (χ2n) is 9.73. The maximum atomic E-state index is 14.0. The van der Waals surface area contributed by atoms with Gasteiger partial charge < -0.3 is 20.1 Å². The highest BCUT2D eigenvalue weighted by Crippen LogP contribution is 2.34. The zero-order chi connectivity index (χ0) is 28.0. The van der Waals surface area contributed by atoms with Gasteiger partial charge in [-0.3, -0.25) is 4.90 Å². The number of carbonyl (C=O) groups is 1. The van der Waals surface area contributed by atoms with Gasteiger partial charge in [0.15, 0.2) is 0 Å². The van der Waals surface area contributed by atoms with Crippen LogP contribution in [0.25, 0.3) is 0 Å². The molecule has 0 saturated heterocycles. The van der Waals surface area contributed by atoms with Gasteiger partial charge >= 0.3 is 6.03 Å². The number of carbonyl (C=O) groups excluding carboxylic acids is 1. The number of aliphatic hydroxyl groups is 1. The summed E-state index contributed by atoms with van der Waals surface area (Å²) in [4.78, 5) is 16.1. The van der Waals surface area contributed by atoms with E-state index >= 15 is 0 Å². The molecule has 0 radical (unpaired) electrons. The van der Waals surface area contributed by atoms with Crippen LogP contribution in [0.4, 0.5) is 14.9 Å². The highest BCUT2D eigenvalue weighted by Gasteiger charge is 2.38. The molecule has 0 saturated carbocycles. The molecule has 0 fully saturated rings. The van der Waals surface area contributed by atoms with Gasteiger partial charge in [0, 0.05) is 31.1 Å². The van der Waals surface area contributed by atoms with Crippen LogP contribution in [0.5, 0.6) is 5.75 Å². The standard InChI is InChI=1S/C27H35FN4O5S/c1-19-16-32(20(2)18-33)38(35,36)26-13-12-21(9-8-14-30(3)4)15-24(26)37-25(19)17-31(5)27(34)29-23-11-7-6-10-22(23)28/h6-7,10-13,15,19-20,25,33H,14,16-18H2,1-5H3,(H,29,34)/t19-,20+,25+/m0/s1. The Hall–Kier alpha value is -3.17. The fraction of sp³-hybridized carbons (Fsp3) is 0.444. The molecule has 1 aliphatic rings. The third-order valence-electron chi connectivity index (χ3n) is 6.21. The van der Waals surface area contributed by atoms with E-state index < -0.39 is 34.0 Å². The number of nitrogens with zero attached hydrogens (tertiary/aromatic N) is 3. The van der Waals surface area contributed by atoms with E-state index in [4.69, 9.17) is 4.74 Å². The minimum absolute atomic E-state index is 0.0358. The molecule has 0 spiro atoms. The fourth-order valence-corrected chi connectivity index (χ4v) is 5.77. The number of rotatable bonds is 6. The lowest BCUT2D eigenvalue weighted by molar-refractivity contribution is 0.0830. The quantitative estimate of drug-likeness (QED) is 0.541. The fourth-order valence-electron chi connectivity index (χ4n) is 3.95. The minimum atomic E-state index is -3.99. The highest BCUT2D eigenvalue weighted by atomic mass is 32.2. The number of fused-ring (bicyclic) bond motifs is 1. The first-order valence-corrected chi connectivity index (χ1v) is 13.7. The molecule has 0 aliphatic carbocycles. The summed E-state index contributed by atoms with van der Waals surface area (Å²) in [6.07, 6.45) is -0.612. The Balaban J connectivity index is 1.95. The summed E-state index contributed by atoms with van der Waals surface area (Å²) in [5.74, 6) is 5.25. The van der Waals surface area contributed by atoms with Gasteiger partial charge in [-0.1, -0.05) is 30.9 Å². The van der Waals surface area contributed by atoms with Crippen LogP contribution in [-0.2, 0) is 10.0 Å². The van der Waals surface area contributed by atoms with Crippen LogP contribution in [0.3, 0.4) is 0 Å². The first-order chi connectivity index (χ1) is 17.9. The zero-order valence-corrected chi connectivity index (χ0v) is 23.1. The molecule has 2 N–H and O–H groups in total. The van der Waals surface area contributed by atoms with E-state index in [-0.39, 0.29) is 41.9 Å². The van der Waals surface area contributed by atoms with Crippen molar-refractivity contribution in [2.75, 3.05) is 52.7 Å². The Labute approximate surface area is 224 Å². The van der Waals surface area contributed by atoms with Gasteiger partial charge in [0.2, 0.25) is 10.0 Å². The van der Waals surface area contributed by atoms with E-state index in [1.165, 1.54) is 33.5 Å². The molecule has 1 heterocycles. The zero-order valence-electron chi connectivity index (χ0n) is 22.3. The molecular formula is C27H35FN4O5S. The van der Waals surface area contributed by atoms with Gasteiger partial charge in [0.1, 0.15) is 22.6 Å². The Bertz CT molecular complexity index is 1310. The monoisotopic (exact) mass is 546 g/mol. The van der Waals surface area contributed by atoms with E-state index in [9.17, 15) is 22.7 Å². The number of amides is 2. The van der Waals surface area contributed by atoms with Crippen molar-refractivity contribution in [1.82, 2.24) is 14.1 Å². The summed E-state index contributed by atoms with van der Waals surface area (Å²) < 4.78 is 48.8. The van der Waals surface area contributed by atoms with E-state index in [0.717, 1.165) is 0 Å². The van der Waals surface area contributed by atoms with Crippen molar-refractivity contribution >= 4 is 21.7 Å². The number of para-hydroxylation sites is 1. The Morgan fingerprint density at radius 1 is 1.26 bits per heavy atom. The van der Waals surface area contributed by atoms with Gasteiger partial charge in [0.25, 0.3) is 0 Å². The lowest BCUT2D eigenvalue weighted by atomic mass is 10.0. The van der Waals surface area contributed by atoms with Crippen LogP contribution in [-0.4, -0.2) is 93.2 Å². The number of benzene rings is 2. The maximum absolute atomic E-state index is 14.0. The molecule has 0 bridgehead atoms. The van der Waals surface area contributed by atoms with Gasteiger partial charge in [-0.15, -0.1) is 0 Å². The first kappa shape index (κ1) is 29.4. The smallest absolute Gasteiger partial charge is 0.321 e. The first-order valence-electron chi connectivity index (χ1n) is 12.3. The molecule has 38 heavy (non-hydrogen) atoms. The van der Waals surface area contributed by atoms with Gasteiger partial charge in [0.05, 0.1) is 25.4 Å². The average Bonchev–Trinajstić information content (AvgIpc) is 2.86. The third kappa shape index (κ3) is 7.02. The van der Waals surface area contributed by atoms with Gasteiger partial charge in [-0.25, -0.2) is 17.6 Å². The molecule has 206 valence electrons. The molecule has 2 amide bonds. The number of aliphatic hydroxyl groups excluding tert-OH is 1. The molecule has 3 atom stereocenters. The molecule has 1 aliphatic heterocycles. The van der Waals surface area contributed by atoms with Crippen LogP contribution in [0.2, 0.25) is 0 Å². The average molecular weight is 547 g/mol. The number of ether oxygens (including phenoxy) is 1. The maximum Gasteiger partial charge on any atom is 0.321 e. The second kappa shape index (κ2) is 12.6. The van der Waals surface area contributed by atoms with E-state index in [1.807, 2.05) is 25.9 Å². The molecule has 2 aromatic rings. The van der Waals surface area contributed by atoms with Crippen LogP contribution < -0.4 is 10.1 Å². The molecule has 3 rings (SSSR count). The number of likely N-dealkylation sites (N-methyl/N-ethyl adjacent to an activating group) is 1. The van der Waals surface area contributed by atoms with Crippen molar-refractivity contribution in [1.29, 1.82) is 0 Å². The lowest BCUT2D eigenvalue weighted by Gasteiger charge is -2.37. The molecule has 9 nitrogen and oxygen atoms in total. The van der Waals surface area contributed by atoms with Crippen molar-refractivity contribution < 1.29 is 27.4 Å². The van der Waals surface area contributed by atoms with Gasteiger partial charge in [-0.2, -0.15) is 4.31 Å². The van der Waals surface area contributed by atoms with E-state index in [2.05, 4.69) is 17.2 Å². The number of hydrogen-bond donors (Lipinski definition) is 2. The molecule has 2 aromatic carbocycles. The molecular weight excluding hydrogens is 511 g/mol. The summed E-state index contributed by atoms with van der Waals surface area (Å²) in [5, 5.41) is 12.3. The number of sulfonamides is 1. The number of halogens is 1. The summed E-state index contributed by atoms with van der Waals surface area (Å²) in [7, 11) is 1.35. The van der Waals surface area contributed by atoms with Crippen molar-refractivity contribution in [3.05, 3.63) is 53.8 Å². The normalized spacial score (nSPS) is 19.7. The third-order valence-corrected chi connectivity index (χ3v) is 8.23. The van der Waals surface area contributed by atoms with E-state index in [1.54, 1.807) is 32.2 Å². The Kier molecular flexibility index (Phi) is 9.73. The summed E-state index contributed by atoms with van der Waals surface area (Å²) in [5.41, 5.74) is 0.636. The predicted molar refractivity (Wildman–Crippen MR) is 144 cm³/mol. The number of nitrogens with one attached hydrogen (secondary N) is 1. The predicted octanol–water partition coefficient (Wildman–Crippen LogP) is 2.67. The van der Waals surface area contributed by atoms with Crippen LogP contribution in [0.15, 0.2) is 47.4 Å². The molecule has 0 unspecified atom stereocenters. The van der Waals surface area contributed by atoms with Crippen LogP contribution in [0, 0.1) is 23.6 Å². The SMILES string of the molecule is C[C@H](CO)N1C[C@H](C)[C@@H](CN(C)C(=O)Nc2ccccc2F)Oc2cc(C#CCN(C)C)ccc2S1(=O)=O. The summed E-state index contributed by atoms with van der Waals surface area (Å²) in [6.45, 7) is 3.80. The molecule has 11 heteroatoms. The Morgan fingerprint density at radius 2 is 1.97 bits per heavy atom. The van der Waals surface area contributed by atoms with Crippen LogP contribution in [0.1, 0.15) is 19.4 Å². The molecule has 0 aromatic heterocycles. The Morgan fingerprint density at radius 3 is 2.63 bits per heavy atom. The van der Waals surface area contributed by atoms with E-state index in [0.29, 0.717) is 12.1 Å². The lowest BCUT2D eigenvalue weighted by Crippen LogP contribution is -2.50. The largest absolute Gasteiger partial charge is 0.487 e. The van der Waals surface area contributed by atoms with Gasteiger partial charge in [-0.05, 0) is 51.4 Å². The second-order valence-corrected chi connectivity index (χ2v) is 11.6. The topological polar surface area (TPSA) is 102 Å². The number of hydrogen-bond acceptors (Lipinski definition) is 6. The summed E-state index contributed by atoms with van der Waals surface area (Å²) in [6, 6.07) is 9.32. The summed E-state index contributed by atoms with van der Waals surface area (Å²) >= 11 is 0. The van der Waals surface area contributed by atoms with Crippen molar-refractivity contribution in [3.8, 4) is 17.6 Å². The minimum Gasteiger partial charge on any atom is -0.487 e. The number of urea groups is 1. The van der Waals surface area contributed by atoms with Crippen molar-refractivity contribution in [2.24, 2.45) is 5.92 Å². The van der Waals surface area contributed by atoms with Crippen molar-refractivity contribution in [3.63, 3.8) is 0 Å².